The molecule has 2 aromatic rings. The highest BCUT2D eigenvalue weighted by Gasteiger charge is 2.20. The largest absolute Gasteiger partial charge is 0.349 e. The number of hydrogen-bond acceptors (Lipinski definition) is 3. The van der Waals surface area contributed by atoms with Gasteiger partial charge in [-0.2, -0.15) is 0 Å². The van der Waals surface area contributed by atoms with E-state index in [9.17, 15) is 4.79 Å². The fourth-order valence-corrected chi connectivity index (χ4v) is 3.08. The number of nitrogens with one attached hydrogen (secondary N) is 1. The van der Waals surface area contributed by atoms with Crippen LogP contribution in [0.1, 0.15) is 34.5 Å². The highest BCUT2D eigenvalue weighted by molar-refractivity contribution is 6.06. The maximum absolute atomic E-state index is 12.7. The van der Waals surface area contributed by atoms with Crippen LogP contribution in [-0.4, -0.2) is 42.0 Å². The lowest BCUT2D eigenvalue weighted by Gasteiger charge is -2.29. The molecular weight excluding hydrogens is 274 g/mol. The van der Waals surface area contributed by atoms with Gasteiger partial charge in [-0.05, 0) is 65.0 Å². The van der Waals surface area contributed by atoms with Crippen molar-refractivity contribution < 1.29 is 4.79 Å². The molecule has 4 heteroatoms. The maximum Gasteiger partial charge on any atom is 0.252 e. The van der Waals surface area contributed by atoms with Crippen molar-refractivity contribution in [2.24, 2.45) is 0 Å². The molecule has 2 heterocycles. The molecule has 0 aliphatic carbocycles. The van der Waals surface area contributed by atoms with Gasteiger partial charge in [0.05, 0.1) is 11.1 Å². The fourth-order valence-electron chi connectivity index (χ4n) is 3.08. The zero-order valence-corrected chi connectivity index (χ0v) is 13.5. The molecule has 1 amide bonds. The Bertz CT molecular complexity index is 703. The zero-order valence-electron chi connectivity index (χ0n) is 13.5. The molecule has 116 valence electrons. The number of piperidine rings is 1. The summed E-state index contributed by atoms with van der Waals surface area (Å²) in [6, 6.07) is 8.24. The van der Waals surface area contributed by atoms with E-state index < -0.39 is 0 Å². The number of aryl methyl sites for hydroxylation is 2. The normalized spacial score (nSPS) is 16.9. The molecule has 0 bridgehead atoms. The van der Waals surface area contributed by atoms with Gasteiger partial charge in [0, 0.05) is 17.1 Å². The van der Waals surface area contributed by atoms with Gasteiger partial charge in [0.1, 0.15) is 0 Å². The monoisotopic (exact) mass is 297 g/mol. The van der Waals surface area contributed by atoms with E-state index in [-0.39, 0.29) is 11.9 Å². The van der Waals surface area contributed by atoms with Crippen LogP contribution in [0.4, 0.5) is 0 Å². The maximum atomic E-state index is 12.7. The number of fused-ring (bicyclic) bond motifs is 1. The Labute approximate surface area is 131 Å². The van der Waals surface area contributed by atoms with E-state index >= 15 is 0 Å². The summed E-state index contributed by atoms with van der Waals surface area (Å²) >= 11 is 0. The second-order valence-corrected chi connectivity index (χ2v) is 6.38. The lowest BCUT2D eigenvalue weighted by molar-refractivity contribution is 0.0918. The summed E-state index contributed by atoms with van der Waals surface area (Å²) in [5.41, 5.74) is 3.65. The van der Waals surface area contributed by atoms with E-state index in [1.54, 1.807) is 0 Å². The molecule has 1 aliphatic rings. The van der Waals surface area contributed by atoms with E-state index in [0.29, 0.717) is 0 Å². The van der Waals surface area contributed by atoms with Crippen LogP contribution in [0.5, 0.6) is 0 Å². The number of carbonyl (C=O) groups excluding carboxylic acids is 1. The number of aromatic nitrogens is 1. The molecule has 0 unspecified atom stereocenters. The molecule has 0 atom stereocenters. The third kappa shape index (κ3) is 3.12. The highest BCUT2D eigenvalue weighted by atomic mass is 16.1. The Morgan fingerprint density at radius 1 is 1.23 bits per heavy atom. The summed E-state index contributed by atoms with van der Waals surface area (Å²) in [4.78, 5) is 19.6. The number of hydrogen-bond donors (Lipinski definition) is 1. The van der Waals surface area contributed by atoms with Crippen LogP contribution >= 0.6 is 0 Å². The van der Waals surface area contributed by atoms with Gasteiger partial charge in [-0.1, -0.05) is 11.6 Å². The predicted molar refractivity (Wildman–Crippen MR) is 89.2 cm³/mol. The average Bonchev–Trinajstić information content (AvgIpc) is 2.49. The topological polar surface area (TPSA) is 45.2 Å². The van der Waals surface area contributed by atoms with E-state index in [1.165, 1.54) is 0 Å². The molecule has 1 fully saturated rings. The summed E-state index contributed by atoms with van der Waals surface area (Å²) in [6.07, 6.45) is 2.03. The Hall–Kier alpha value is -1.94. The predicted octanol–water partition coefficient (Wildman–Crippen LogP) is 2.68. The van der Waals surface area contributed by atoms with E-state index in [2.05, 4.69) is 22.2 Å². The average molecular weight is 297 g/mol. The van der Waals surface area contributed by atoms with Crippen molar-refractivity contribution in [1.29, 1.82) is 0 Å². The van der Waals surface area contributed by atoms with Crippen LogP contribution in [0.3, 0.4) is 0 Å². The van der Waals surface area contributed by atoms with Crippen molar-refractivity contribution in [3.8, 4) is 0 Å². The van der Waals surface area contributed by atoms with Crippen LogP contribution < -0.4 is 5.32 Å². The molecule has 1 N–H and O–H groups in total. The summed E-state index contributed by atoms with van der Waals surface area (Å²) in [7, 11) is 2.13. The van der Waals surface area contributed by atoms with Crippen molar-refractivity contribution >= 4 is 16.8 Å². The van der Waals surface area contributed by atoms with Gasteiger partial charge in [-0.25, -0.2) is 0 Å². The molecule has 1 aliphatic heterocycles. The van der Waals surface area contributed by atoms with Crippen LogP contribution in [0.25, 0.3) is 10.9 Å². The van der Waals surface area contributed by atoms with Gasteiger partial charge >= 0.3 is 0 Å². The number of amides is 1. The number of pyridine rings is 1. The Balaban J connectivity index is 1.88. The van der Waals surface area contributed by atoms with Crippen molar-refractivity contribution in [2.75, 3.05) is 20.1 Å². The lowest BCUT2D eigenvalue weighted by Crippen LogP contribution is -2.43. The van der Waals surface area contributed by atoms with Crippen molar-refractivity contribution in [2.45, 2.75) is 32.7 Å². The van der Waals surface area contributed by atoms with Gasteiger partial charge in [0.15, 0.2) is 0 Å². The fraction of sp³-hybridized carbons (Fsp3) is 0.444. The van der Waals surface area contributed by atoms with Gasteiger partial charge in [0.25, 0.3) is 5.91 Å². The van der Waals surface area contributed by atoms with Crippen LogP contribution in [-0.2, 0) is 0 Å². The molecule has 1 aromatic heterocycles. The SMILES string of the molecule is Cc1ccc2nc(C)cc(C(=O)NC3CCN(C)CC3)c2c1. The molecule has 1 saturated heterocycles. The number of nitrogens with zero attached hydrogens (tertiary/aromatic N) is 2. The van der Waals surface area contributed by atoms with E-state index in [1.807, 2.05) is 38.1 Å². The molecule has 3 rings (SSSR count). The second kappa shape index (κ2) is 6.05. The number of likely N-dealkylation sites (tertiary alicyclic amines) is 1. The highest BCUT2D eigenvalue weighted by Crippen LogP contribution is 2.20. The number of rotatable bonds is 2. The lowest BCUT2D eigenvalue weighted by atomic mass is 10.0. The van der Waals surface area contributed by atoms with Crippen LogP contribution in [0.2, 0.25) is 0 Å². The Morgan fingerprint density at radius 3 is 2.68 bits per heavy atom. The summed E-state index contributed by atoms with van der Waals surface area (Å²) in [5.74, 6) is 0.0238. The minimum atomic E-state index is 0.0238. The standard InChI is InChI=1S/C18H23N3O/c1-12-4-5-17-15(10-12)16(11-13(2)19-17)18(22)20-14-6-8-21(3)9-7-14/h4-5,10-11,14H,6-9H2,1-3H3,(H,20,22). The Kier molecular flexibility index (Phi) is 4.12. The van der Waals surface area contributed by atoms with Crippen LogP contribution in [0.15, 0.2) is 24.3 Å². The minimum Gasteiger partial charge on any atom is -0.349 e. The van der Waals surface area contributed by atoms with Crippen molar-refractivity contribution in [3.63, 3.8) is 0 Å². The smallest absolute Gasteiger partial charge is 0.252 e. The van der Waals surface area contributed by atoms with Gasteiger partial charge < -0.3 is 10.2 Å². The molecule has 1 aromatic carbocycles. The summed E-state index contributed by atoms with van der Waals surface area (Å²) < 4.78 is 0. The first-order valence-corrected chi connectivity index (χ1v) is 7.90. The minimum absolute atomic E-state index is 0.0238. The molecule has 4 nitrogen and oxygen atoms in total. The van der Waals surface area contributed by atoms with Gasteiger partial charge in [-0.3, -0.25) is 9.78 Å². The third-order valence-electron chi connectivity index (χ3n) is 4.39. The van der Waals surface area contributed by atoms with Crippen molar-refractivity contribution in [1.82, 2.24) is 15.2 Å². The second-order valence-electron chi connectivity index (χ2n) is 6.38. The van der Waals surface area contributed by atoms with Gasteiger partial charge in [0.2, 0.25) is 0 Å². The zero-order chi connectivity index (χ0) is 15.7. The van der Waals surface area contributed by atoms with Crippen molar-refractivity contribution in [3.05, 3.63) is 41.1 Å². The first-order valence-electron chi connectivity index (χ1n) is 7.90. The molecular formula is C18H23N3O. The number of carbonyl (C=O) groups is 1. The first-order chi connectivity index (χ1) is 10.5. The number of benzene rings is 1. The molecule has 22 heavy (non-hydrogen) atoms. The molecule has 0 saturated carbocycles. The molecule has 0 spiro atoms. The van der Waals surface area contributed by atoms with Gasteiger partial charge in [-0.15, -0.1) is 0 Å². The third-order valence-corrected chi connectivity index (χ3v) is 4.39. The van der Waals surface area contributed by atoms with Crippen LogP contribution in [0, 0.1) is 13.8 Å². The summed E-state index contributed by atoms with van der Waals surface area (Å²) in [6.45, 7) is 6.06. The quantitative estimate of drug-likeness (QED) is 0.927. The van der Waals surface area contributed by atoms with E-state index in [0.717, 1.165) is 53.7 Å². The first kappa shape index (κ1) is 15.0. The van der Waals surface area contributed by atoms with E-state index in [4.69, 9.17) is 0 Å². The molecule has 0 radical (unpaired) electrons. The Morgan fingerprint density at radius 2 is 1.95 bits per heavy atom. The summed E-state index contributed by atoms with van der Waals surface area (Å²) in [5, 5.41) is 4.14.